The predicted octanol–water partition coefficient (Wildman–Crippen LogP) is 3.32. The number of allylic oxidation sites excluding steroid dienone is 10. The van der Waals surface area contributed by atoms with Crippen molar-refractivity contribution in [2.24, 2.45) is 0 Å². The van der Waals surface area contributed by atoms with E-state index in [1.165, 1.54) is 11.1 Å². The third-order valence-electron chi connectivity index (χ3n) is 2.14. The second kappa shape index (κ2) is 3.40. The van der Waals surface area contributed by atoms with E-state index in [0.29, 0.717) is 0 Å². The van der Waals surface area contributed by atoms with Gasteiger partial charge >= 0.3 is 0 Å². The molecule has 0 aliphatic heterocycles. The zero-order valence-corrected chi connectivity index (χ0v) is 7.03. The zero-order chi connectivity index (χ0) is 8.23. The molecule has 0 saturated carbocycles. The van der Waals surface area contributed by atoms with Gasteiger partial charge in [-0.1, -0.05) is 54.2 Å². The molecule has 2 aliphatic carbocycles. The van der Waals surface area contributed by atoms with Crippen LogP contribution in [-0.4, -0.2) is 0 Å². The van der Waals surface area contributed by atoms with E-state index >= 15 is 0 Å². The Morgan fingerprint density at radius 1 is 1.17 bits per heavy atom. The predicted molar refractivity (Wildman–Crippen MR) is 52.8 cm³/mol. The molecule has 2 aliphatic rings. The third kappa shape index (κ3) is 1.65. The summed E-state index contributed by atoms with van der Waals surface area (Å²) < 4.78 is 0. The van der Waals surface area contributed by atoms with E-state index in [2.05, 4.69) is 48.6 Å². The molecule has 0 saturated heterocycles. The summed E-state index contributed by atoms with van der Waals surface area (Å²) in [6, 6.07) is 0. The van der Waals surface area contributed by atoms with Gasteiger partial charge in [0.2, 0.25) is 0 Å². The van der Waals surface area contributed by atoms with E-state index < -0.39 is 0 Å². The maximum absolute atomic E-state index is 2.28. The van der Waals surface area contributed by atoms with Crippen molar-refractivity contribution < 1.29 is 0 Å². The van der Waals surface area contributed by atoms with Crippen molar-refractivity contribution in [1.29, 1.82) is 0 Å². The Morgan fingerprint density at radius 2 is 2.00 bits per heavy atom. The third-order valence-corrected chi connectivity index (χ3v) is 2.14. The molecule has 0 bridgehead atoms. The highest BCUT2D eigenvalue weighted by Crippen LogP contribution is 2.17. The topological polar surface area (TPSA) is 0 Å². The lowest BCUT2D eigenvalue weighted by molar-refractivity contribution is 1.13. The summed E-state index contributed by atoms with van der Waals surface area (Å²) in [6.07, 6.45) is 19.5. The lowest BCUT2D eigenvalue weighted by atomic mass is 10.1. The van der Waals surface area contributed by atoms with Crippen molar-refractivity contribution in [1.82, 2.24) is 0 Å². The highest BCUT2D eigenvalue weighted by Gasteiger charge is 1.97. The summed E-state index contributed by atoms with van der Waals surface area (Å²) in [6.45, 7) is 0. The van der Waals surface area contributed by atoms with Crippen LogP contribution in [0.15, 0.2) is 59.8 Å². The molecule has 0 nitrogen and oxygen atoms in total. The SMILES string of the molecule is C1=CCC(CC=C2C=CC=C2)=C1. The molecule has 0 aromatic heterocycles. The minimum Gasteiger partial charge on any atom is -0.0805 e. The maximum Gasteiger partial charge on any atom is -0.0124 e. The Balaban J connectivity index is 1.93. The van der Waals surface area contributed by atoms with E-state index in [9.17, 15) is 0 Å². The van der Waals surface area contributed by atoms with E-state index in [-0.39, 0.29) is 0 Å². The lowest BCUT2D eigenvalue weighted by Gasteiger charge is -1.95. The van der Waals surface area contributed by atoms with Crippen LogP contribution in [0.5, 0.6) is 0 Å². The van der Waals surface area contributed by atoms with Gasteiger partial charge in [-0.15, -0.1) is 0 Å². The monoisotopic (exact) mass is 156 g/mol. The van der Waals surface area contributed by atoms with Gasteiger partial charge in [-0.05, 0) is 18.4 Å². The second-order valence-corrected chi connectivity index (χ2v) is 3.08. The molecule has 60 valence electrons. The fourth-order valence-electron chi connectivity index (χ4n) is 1.42. The molecular weight excluding hydrogens is 144 g/mol. The van der Waals surface area contributed by atoms with Gasteiger partial charge in [-0.2, -0.15) is 0 Å². The molecule has 2 rings (SSSR count). The zero-order valence-electron chi connectivity index (χ0n) is 7.03. The van der Waals surface area contributed by atoms with E-state index in [1.807, 2.05) is 0 Å². The first-order valence-electron chi connectivity index (χ1n) is 4.34. The first-order chi connectivity index (χ1) is 5.95. The second-order valence-electron chi connectivity index (χ2n) is 3.08. The molecule has 0 heterocycles. The Kier molecular flexibility index (Phi) is 2.08. The molecule has 0 N–H and O–H groups in total. The summed E-state index contributed by atoms with van der Waals surface area (Å²) >= 11 is 0. The van der Waals surface area contributed by atoms with Crippen LogP contribution in [0.3, 0.4) is 0 Å². The fraction of sp³-hybridized carbons (Fsp3) is 0.167. The smallest absolute Gasteiger partial charge is 0.0124 e. The summed E-state index contributed by atoms with van der Waals surface area (Å²) in [5, 5.41) is 0. The molecule has 0 amide bonds. The molecule has 0 aromatic rings. The molecule has 0 fully saturated rings. The van der Waals surface area contributed by atoms with E-state index in [0.717, 1.165) is 12.8 Å². The summed E-state index contributed by atoms with van der Waals surface area (Å²) in [5.41, 5.74) is 2.85. The lowest BCUT2D eigenvalue weighted by Crippen LogP contribution is -1.75. The van der Waals surface area contributed by atoms with Crippen LogP contribution in [0.25, 0.3) is 0 Å². The quantitative estimate of drug-likeness (QED) is 0.575. The van der Waals surface area contributed by atoms with E-state index in [1.54, 1.807) is 0 Å². The standard InChI is InChI=1S/C12H12/c1-2-6-11(5-1)9-10-12-7-3-4-8-12/h1-7,9H,8,10H2. The van der Waals surface area contributed by atoms with Crippen molar-refractivity contribution in [2.45, 2.75) is 12.8 Å². The molecule has 0 heteroatoms. The van der Waals surface area contributed by atoms with Gasteiger partial charge in [0.1, 0.15) is 0 Å². The summed E-state index contributed by atoms with van der Waals surface area (Å²) in [4.78, 5) is 0. The Labute approximate surface area is 73.3 Å². The molecular formula is C12H12. The number of hydrogen-bond acceptors (Lipinski definition) is 0. The van der Waals surface area contributed by atoms with Gasteiger partial charge in [0, 0.05) is 0 Å². The van der Waals surface area contributed by atoms with Gasteiger partial charge in [-0.25, -0.2) is 0 Å². The van der Waals surface area contributed by atoms with Gasteiger partial charge in [0.05, 0.1) is 0 Å². The Bertz CT molecular complexity index is 295. The molecule has 0 unspecified atom stereocenters. The van der Waals surface area contributed by atoms with Crippen LogP contribution >= 0.6 is 0 Å². The summed E-state index contributed by atoms with van der Waals surface area (Å²) in [7, 11) is 0. The highest BCUT2D eigenvalue weighted by atomic mass is 14.0. The van der Waals surface area contributed by atoms with Gasteiger partial charge in [0.25, 0.3) is 0 Å². The van der Waals surface area contributed by atoms with Gasteiger partial charge in [0.15, 0.2) is 0 Å². The molecule has 0 spiro atoms. The van der Waals surface area contributed by atoms with Gasteiger partial charge in [-0.3, -0.25) is 0 Å². The van der Waals surface area contributed by atoms with E-state index in [4.69, 9.17) is 0 Å². The van der Waals surface area contributed by atoms with Crippen LogP contribution in [-0.2, 0) is 0 Å². The fourth-order valence-corrected chi connectivity index (χ4v) is 1.42. The minimum absolute atomic E-state index is 1.09. The van der Waals surface area contributed by atoms with Crippen molar-refractivity contribution in [2.75, 3.05) is 0 Å². The molecule has 0 aromatic carbocycles. The number of hydrogen-bond donors (Lipinski definition) is 0. The van der Waals surface area contributed by atoms with Crippen molar-refractivity contribution in [3.05, 3.63) is 59.8 Å². The first kappa shape index (κ1) is 7.35. The Hall–Kier alpha value is -1.30. The van der Waals surface area contributed by atoms with Gasteiger partial charge < -0.3 is 0 Å². The van der Waals surface area contributed by atoms with Crippen molar-refractivity contribution in [3.63, 3.8) is 0 Å². The largest absolute Gasteiger partial charge is 0.0805 e. The maximum atomic E-state index is 2.28. The van der Waals surface area contributed by atoms with Crippen LogP contribution in [0.4, 0.5) is 0 Å². The van der Waals surface area contributed by atoms with Crippen LogP contribution in [0.1, 0.15) is 12.8 Å². The normalized spacial score (nSPS) is 19.0. The Morgan fingerprint density at radius 3 is 2.67 bits per heavy atom. The molecule has 0 atom stereocenters. The minimum atomic E-state index is 1.09. The average Bonchev–Trinajstić information content (AvgIpc) is 2.74. The highest BCUT2D eigenvalue weighted by molar-refractivity contribution is 5.41. The molecule has 12 heavy (non-hydrogen) atoms. The van der Waals surface area contributed by atoms with Crippen molar-refractivity contribution >= 4 is 0 Å². The van der Waals surface area contributed by atoms with Crippen LogP contribution in [0, 0.1) is 0 Å². The number of rotatable bonds is 2. The van der Waals surface area contributed by atoms with Crippen LogP contribution < -0.4 is 0 Å². The van der Waals surface area contributed by atoms with Crippen molar-refractivity contribution in [3.8, 4) is 0 Å². The summed E-state index contributed by atoms with van der Waals surface area (Å²) in [5.74, 6) is 0. The molecule has 0 radical (unpaired) electrons. The average molecular weight is 156 g/mol. The first-order valence-corrected chi connectivity index (χ1v) is 4.34. The van der Waals surface area contributed by atoms with Crippen LogP contribution in [0.2, 0.25) is 0 Å².